The highest BCUT2D eigenvalue weighted by Crippen LogP contribution is 2.81. The van der Waals surface area contributed by atoms with Crippen molar-refractivity contribution in [2.75, 3.05) is 24.6 Å². The molecule has 22 heteroatoms. The van der Waals surface area contributed by atoms with Gasteiger partial charge < -0.3 is 39.4 Å². The topological polar surface area (TPSA) is 247 Å². The number of imidazole rings is 1. The molecule has 3 rings (SSSR count). The van der Waals surface area contributed by atoms with Crippen molar-refractivity contribution >= 4 is 71.9 Å². The minimum absolute atomic E-state index is 0. The Kier molecular flexibility index (Phi) is 10.9. The molecule has 2 unspecified atom stereocenters. The predicted molar refractivity (Wildman–Crippen MR) is 141 cm³/mol. The highest BCUT2D eigenvalue weighted by Gasteiger charge is 2.61. The molecule has 0 saturated carbocycles. The maximum absolute atomic E-state index is 12.2. The van der Waals surface area contributed by atoms with E-state index in [0.717, 1.165) is 0 Å². The lowest BCUT2D eigenvalue weighted by molar-refractivity contribution is -0.0501. The summed E-state index contributed by atoms with van der Waals surface area (Å²) in [5, 5.41) is 21.0. The molecule has 2 aromatic heterocycles. The van der Waals surface area contributed by atoms with Crippen molar-refractivity contribution in [3.8, 4) is 0 Å². The summed E-state index contributed by atoms with van der Waals surface area (Å²) in [6.07, 6.45) is -3.33. The molecule has 17 nitrogen and oxygen atoms in total. The van der Waals surface area contributed by atoms with Gasteiger partial charge in [0, 0.05) is 13.1 Å². The Hall–Kier alpha value is -0.360. The van der Waals surface area contributed by atoms with Crippen molar-refractivity contribution in [2.45, 2.75) is 48.5 Å². The van der Waals surface area contributed by atoms with E-state index >= 15 is 0 Å². The number of aromatic nitrogens is 4. The zero-order valence-corrected chi connectivity index (χ0v) is 24.9. The maximum Gasteiger partial charge on any atom is 0.479 e. The molecule has 0 amide bonds. The number of rotatable bonds is 11. The third-order valence-corrected chi connectivity index (χ3v) is 15.9. The summed E-state index contributed by atoms with van der Waals surface area (Å²) in [4.78, 5) is 52.8. The fourth-order valence-corrected chi connectivity index (χ4v) is 8.27. The quantitative estimate of drug-likeness (QED) is 0.142. The fraction of sp³-hybridized carbons (Fsp3) is 0.688. The number of aliphatic hydroxyl groups is 2. The van der Waals surface area contributed by atoms with E-state index < -0.39 is 56.9 Å². The van der Waals surface area contributed by atoms with Crippen LogP contribution in [0.25, 0.3) is 11.2 Å². The molecule has 1 saturated heterocycles. The fourth-order valence-electron chi connectivity index (χ4n) is 3.42. The third kappa shape index (κ3) is 6.58. The number of phosphoric acid groups is 1. The van der Waals surface area contributed by atoms with E-state index in [1.54, 1.807) is 0 Å². The summed E-state index contributed by atoms with van der Waals surface area (Å²) in [5.74, 6) is 0.540. The molecule has 1 fully saturated rings. The molecule has 0 aliphatic carbocycles. The van der Waals surface area contributed by atoms with Crippen LogP contribution in [0.5, 0.6) is 0 Å². The number of halogens is 2. The van der Waals surface area contributed by atoms with E-state index in [0.29, 0.717) is 24.4 Å². The monoisotopic (exact) mass is 733 g/mol. The van der Waals surface area contributed by atoms with Crippen molar-refractivity contribution in [2.24, 2.45) is 0 Å². The van der Waals surface area contributed by atoms with Gasteiger partial charge in [-0.3, -0.25) is 18.2 Å². The van der Waals surface area contributed by atoms with Gasteiger partial charge in [-0.05, 0) is 45.7 Å². The molecule has 38 heavy (non-hydrogen) atoms. The van der Waals surface area contributed by atoms with Gasteiger partial charge in [0.2, 0.25) is 0 Å². The van der Waals surface area contributed by atoms with Crippen molar-refractivity contribution in [1.29, 1.82) is 0 Å². The van der Waals surface area contributed by atoms with Crippen molar-refractivity contribution in [3.63, 3.8) is 0 Å². The van der Waals surface area contributed by atoms with E-state index in [1.807, 2.05) is 18.7 Å². The van der Waals surface area contributed by atoms with Gasteiger partial charge >= 0.3 is 23.0 Å². The normalized spacial score (nSPS) is 25.5. The minimum Gasteiger partial charge on any atom is -0.387 e. The first-order chi connectivity index (χ1) is 17.0. The molecule has 0 radical (unpaired) electrons. The van der Waals surface area contributed by atoms with E-state index in [1.165, 1.54) is 17.2 Å². The van der Waals surface area contributed by atoms with Crippen LogP contribution in [0.4, 0.5) is 5.82 Å². The van der Waals surface area contributed by atoms with Gasteiger partial charge in [-0.25, -0.2) is 23.8 Å². The van der Waals surface area contributed by atoms with Crippen LogP contribution < -0.4 is 4.90 Å². The molecule has 3 heterocycles. The number of hydrogen-bond acceptors (Lipinski definition) is 12. The molecule has 2 aromatic rings. The maximum atomic E-state index is 12.2. The highest BCUT2D eigenvalue weighted by molar-refractivity contribution is 9.29. The number of alkyl halides is 2. The largest absolute Gasteiger partial charge is 0.479 e. The second kappa shape index (κ2) is 12.2. The zero-order valence-electron chi connectivity index (χ0n) is 19.1. The number of anilines is 1. The van der Waals surface area contributed by atoms with Crippen LogP contribution in [0.15, 0.2) is 12.7 Å². The summed E-state index contributed by atoms with van der Waals surface area (Å²) in [5.41, 5.74) is 0.678. The minimum atomic E-state index is -5.58. The molecule has 218 valence electrons. The van der Waals surface area contributed by atoms with Crippen LogP contribution in [0.3, 0.4) is 0 Å². The summed E-state index contributed by atoms with van der Waals surface area (Å²) >= 11 is 4.58. The SMILES string of the molecule is C.CCN(CC)c1ncnc2c1ncn2[C@@H]1O[C@H](COP(=O)(O)OP(=O)(O)C(Br)(Br)P(=O)(O)O)[C@@H](O)[C@H]1O. The standard InChI is InChI=1S/C15H24Br2N5O12P3.CH4/c1-3-21(4-2)12-9-13(19-6-18-12)22(7-20-9)14-11(24)10(23)8(33-14)5-32-37(30,31)34-36(28,29)15(16,17)35(25,26)27;/h6-8,10-11,14,23-24H,3-5H2,1-2H3,(H,28,29)(H,30,31)(H2,25,26,27);1H4/t8-,10-,11-,14-;/m1./s1. The van der Waals surface area contributed by atoms with Crippen LogP contribution in [-0.2, 0) is 27.3 Å². The number of aliphatic hydroxyl groups excluding tert-OH is 2. The summed E-state index contributed by atoms with van der Waals surface area (Å²) in [7, 11) is -16.4. The second-order valence-corrected chi connectivity index (χ2v) is 19.2. The number of nitrogens with zero attached hydrogens (tertiary/aromatic N) is 5. The molecule has 1 aliphatic heterocycles. The first-order valence-electron chi connectivity index (χ1n) is 10.4. The molecular formula is C16H28Br2N5O12P3. The Morgan fingerprint density at radius 2 is 1.68 bits per heavy atom. The molecule has 1 aliphatic rings. The lowest BCUT2D eigenvalue weighted by Crippen LogP contribution is -2.33. The van der Waals surface area contributed by atoms with Crippen LogP contribution in [0.2, 0.25) is 0 Å². The van der Waals surface area contributed by atoms with Crippen molar-refractivity contribution in [1.82, 2.24) is 19.5 Å². The molecule has 0 spiro atoms. The van der Waals surface area contributed by atoms with E-state index in [9.17, 15) is 43.5 Å². The Balaban J connectivity index is 0.00000507. The average molecular weight is 735 g/mol. The molecular weight excluding hydrogens is 707 g/mol. The van der Waals surface area contributed by atoms with Crippen molar-refractivity contribution in [3.05, 3.63) is 12.7 Å². The first-order valence-corrected chi connectivity index (χ1v) is 16.6. The van der Waals surface area contributed by atoms with Gasteiger partial charge in [-0.1, -0.05) is 7.43 Å². The number of ether oxygens (including phenoxy) is 1. The Labute approximate surface area is 233 Å². The Bertz CT molecular complexity index is 1270. The second-order valence-electron chi connectivity index (χ2n) is 7.66. The summed E-state index contributed by atoms with van der Waals surface area (Å²) < 4.78 is 48.5. The molecule has 0 bridgehead atoms. The van der Waals surface area contributed by atoms with E-state index in [2.05, 4.69) is 55.6 Å². The third-order valence-electron chi connectivity index (χ3n) is 5.32. The summed E-state index contributed by atoms with van der Waals surface area (Å²) in [6, 6.07) is 0. The van der Waals surface area contributed by atoms with Gasteiger partial charge in [0.15, 0.2) is 23.2 Å². The Morgan fingerprint density at radius 1 is 1.08 bits per heavy atom. The van der Waals surface area contributed by atoms with Gasteiger partial charge in [0.25, 0.3) is 2.72 Å². The lowest BCUT2D eigenvalue weighted by Gasteiger charge is -2.27. The van der Waals surface area contributed by atoms with Gasteiger partial charge in [-0.2, -0.15) is 0 Å². The zero-order chi connectivity index (χ0) is 28.0. The molecule has 0 aromatic carbocycles. The number of hydrogen-bond donors (Lipinski definition) is 6. The van der Waals surface area contributed by atoms with Crippen LogP contribution in [-0.4, -0.2) is 90.0 Å². The smallest absolute Gasteiger partial charge is 0.387 e. The summed E-state index contributed by atoms with van der Waals surface area (Å²) in [6.45, 7) is 4.21. The van der Waals surface area contributed by atoms with Crippen LogP contribution in [0.1, 0.15) is 27.5 Å². The van der Waals surface area contributed by atoms with E-state index in [4.69, 9.17) is 4.74 Å². The van der Waals surface area contributed by atoms with Crippen molar-refractivity contribution < 1.29 is 57.1 Å². The molecule has 6 N–H and O–H groups in total. The highest BCUT2D eigenvalue weighted by atomic mass is 79.9. The van der Waals surface area contributed by atoms with Gasteiger partial charge in [0.1, 0.15) is 24.6 Å². The van der Waals surface area contributed by atoms with Crippen LogP contribution in [0, 0.1) is 0 Å². The predicted octanol–water partition coefficient (Wildman–Crippen LogP) is 1.83. The lowest BCUT2D eigenvalue weighted by atomic mass is 10.1. The van der Waals surface area contributed by atoms with E-state index in [-0.39, 0.29) is 13.1 Å². The average Bonchev–Trinajstić information content (AvgIpc) is 3.33. The Morgan fingerprint density at radius 3 is 2.24 bits per heavy atom. The first kappa shape index (κ1) is 33.8. The van der Waals surface area contributed by atoms with Gasteiger partial charge in [-0.15, -0.1) is 0 Å². The number of fused-ring (bicyclic) bond motifs is 1. The van der Waals surface area contributed by atoms with Gasteiger partial charge in [0.05, 0.1) is 12.9 Å². The van der Waals surface area contributed by atoms with Crippen LogP contribution >= 0.6 is 54.9 Å². The number of phosphoric ester groups is 1. The molecule has 6 atom stereocenters.